The summed E-state index contributed by atoms with van der Waals surface area (Å²) in [7, 11) is 1.82. The summed E-state index contributed by atoms with van der Waals surface area (Å²) in [6, 6.07) is 6.48. The van der Waals surface area contributed by atoms with Gasteiger partial charge in [-0.25, -0.2) is 0 Å². The van der Waals surface area contributed by atoms with Crippen LogP contribution >= 0.6 is 0 Å². The Balaban J connectivity index is 1.47. The molecule has 2 atom stereocenters. The fraction of sp³-hybridized carbons (Fsp3) is 0.667. The summed E-state index contributed by atoms with van der Waals surface area (Å²) in [5, 5.41) is 3.89. The van der Waals surface area contributed by atoms with E-state index in [2.05, 4.69) is 29.3 Å². The zero-order chi connectivity index (χ0) is 20.1. The van der Waals surface area contributed by atoms with Gasteiger partial charge in [-0.15, -0.1) is 0 Å². The zero-order valence-corrected chi connectivity index (χ0v) is 18.0. The van der Waals surface area contributed by atoms with Crippen LogP contribution in [0.2, 0.25) is 0 Å². The van der Waals surface area contributed by atoms with Crippen molar-refractivity contribution in [3.8, 4) is 11.5 Å². The minimum atomic E-state index is -0.0110. The summed E-state index contributed by atoms with van der Waals surface area (Å²) in [6.07, 6.45) is 10.2. The van der Waals surface area contributed by atoms with Crippen LogP contribution in [0.4, 0.5) is 0 Å². The van der Waals surface area contributed by atoms with Crippen LogP contribution in [0.1, 0.15) is 70.0 Å². The van der Waals surface area contributed by atoms with E-state index in [1.165, 1.54) is 57.2 Å². The van der Waals surface area contributed by atoms with Gasteiger partial charge in [0.15, 0.2) is 11.5 Å². The van der Waals surface area contributed by atoms with Crippen LogP contribution in [-0.2, 0) is 4.74 Å². The van der Waals surface area contributed by atoms with Gasteiger partial charge >= 0.3 is 0 Å². The molecule has 1 aromatic carbocycles. The van der Waals surface area contributed by atoms with Crippen LogP contribution in [0, 0.1) is 0 Å². The van der Waals surface area contributed by atoms with Crippen molar-refractivity contribution in [3.05, 3.63) is 35.2 Å². The molecular formula is C24H36N2O3. The maximum atomic E-state index is 6.01. The van der Waals surface area contributed by atoms with Crippen LogP contribution in [0.25, 0.3) is 0 Å². The molecule has 29 heavy (non-hydrogen) atoms. The van der Waals surface area contributed by atoms with Gasteiger partial charge in [0, 0.05) is 31.6 Å². The maximum absolute atomic E-state index is 6.01. The second-order valence-electron chi connectivity index (χ2n) is 8.45. The van der Waals surface area contributed by atoms with Gasteiger partial charge in [0.25, 0.3) is 0 Å². The number of hydrogen-bond donors (Lipinski definition) is 1. The van der Waals surface area contributed by atoms with E-state index in [9.17, 15) is 0 Å². The molecule has 1 unspecified atom stereocenters. The lowest BCUT2D eigenvalue weighted by molar-refractivity contribution is 0.0556. The van der Waals surface area contributed by atoms with Crippen LogP contribution < -0.4 is 14.8 Å². The van der Waals surface area contributed by atoms with Crippen molar-refractivity contribution in [1.29, 1.82) is 0 Å². The molecule has 3 heterocycles. The van der Waals surface area contributed by atoms with Crippen LogP contribution in [0.3, 0.4) is 0 Å². The van der Waals surface area contributed by atoms with Crippen LogP contribution in [-0.4, -0.2) is 44.4 Å². The van der Waals surface area contributed by atoms with Crippen molar-refractivity contribution in [3.63, 3.8) is 0 Å². The molecule has 0 aliphatic carbocycles. The predicted octanol–water partition coefficient (Wildman–Crippen LogP) is 4.79. The largest absolute Gasteiger partial charge is 0.486 e. The Labute approximate surface area is 175 Å². The smallest absolute Gasteiger partial charge is 0.161 e. The fourth-order valence-electron chi connectivity index (χ4n) is 4.93. The molecule has 0 aromatic heterocycles. The Hall–Kier alpha value is -1.88. The van der Waals surface area contributed by atoms with Gasteiger partial charge in [0.1, 0.15) is 19.3 Å². The van der Waals surface area contributed by atoms with Gasteiger partial charge < -0.3 is 24.4 Å². The van der Waals surface area contributed by atoms with E-state index in [4.69, 9.17) is 14.2 Å². The standard InChI is InChI=1S/C24H36N2O3/c1-3-4-5-6-7-9-19-21-10-8-13-26(21)17-20(25-19)24(27-2)18-11-12-22-23(16-18)29-15-14-28-22/h11-12,16,20,24-25H,3-10,13-15,17H2,1-2H3/t20?,24-/m1/s1. The van der Waals surface area contributed by atoms with Crippen molar-refractivity contribution in [2.24, 2.45) is 0 Å². The van der Waals surface area contributed by atoms with E-state index in [0.29, 0.717) is 13.2 Å². The Bertz CT molecular complexity index is 718. The molecule has 5 nitrogen and oxygen atoms in total. The van der Waals surface area contributed by atoms with E-state index in [0.717, 1.165) is 30.0 Å². The molecule has 3 aliphatic heterocycles. The number of nitrogens with one attached hydrogen (secondary N) is 1. The highest BCUT2D eigenvalue weighted by molar-refractivity contribution is 5.45. The third-order valence-electron chi connectivity index (χ3n) is 6.39. The van der Waals surface area contributed by atoms with Gasteiger partial charge in [0.05, 0.1) is 6.04 Å². The molecule has 1 saturated heterocycles. The number of allylic oxidation sites excluding steroid dienone is 2. The number of ether oxygens (including phenoxy) is 3. The lowest BCUT2D eigenvalue weighted by atomic mass is 9.97. The highest BCUT2D eigenvalue weighted by atomic mass is 16.6. The molecule has 0 saturated carbocycles. The van der Waals surface area contributed by atoms with E-state index in [1.54, 1.807) is 5.70 Å². The number of nitrogens with zero attached hydrogens (tertiary/aromatic N) is 1. The van der Waals surface area contributed by atoms with Gasteiger partial charge in [-0.2, -0.15) is 0 Å². The average molecular weight is 401 g/mol. The Kier molecular flexibility index (Phi) is 6.86. The highest BCUT2D eigenvalue weighted by Gasteiger charge is 2.34. The molecule has 1 N–H and O–H groups in total. The normalized spacial score (nSPS) is 21.7. The number of methoxy groups -OCH3 is 1. The molecule has 0 amide bonds. The first kappa shape index (κ1) is 20.4. The Morgan fingerprint density at radius 3 is 2.79 bits per heavy atom. The molecule has 5 heteroatoms. The minimum absolute atomic E-state index is 0.0110. The topological polar surface area (TPSA) is 43.0 Å². The van der Waals surface area contributed by atoms with Gasteiger partial charge in [-0.3, -0.25) is 0 Å². The van der Waals surface area contributed by atoms with Crippen molar-refractivity contribution in [1.82, 2.24) is 10.2 Å². The molecule has 1 fully saturated rings. The van der Waals surface area contributed by atoms with E-state index < -0.39 is 0 Å². The first-order valence-corrected chi connectivity index (χ1v) is 11.5. The number of fused-ring (bicyclic) bond motifs is 2. The maximum Gasteiger partial charge on any atom is 0.161 e. The molecule has 0 spiro atoms. The summed E-state index contributed by atoms with van der Waals surface area (Å²) in [4.78, 5) is 2.59. The molecule has 0 bridgehead atoms. The molecule has 160 valence electrons. The van der Waals surface area contributed by atoms with E-state index in [-0.39, 0.29) is 12.1 Å². The second kappa shape index (κ2) is 9.75. The number of rotatable bonds is 9. The monoisotopic (exact) mass is 400 g/mol. The molecule has 0 radical (unpaired) electrons. The molecule has 1 aromatic rings. The number of hydrogen-bond acceptors (Lipinski definition) is 5. The Morgan fingerprint density at radius 1 is 1.14 bits per heavy atom. The minimum Gasteiger partial charge on any atom is -0.486 e. The summed E-state index contributed by atoms with van der Waals surface area (Å²) in [5.74, 6) is 1.67. The van der Waals surface area contributed by atoms with E-state index in [1.807, 2.05) is 13.2 Å². The lowest BCUT2D eigenvalue weighted by Gasteiger charge is -2.39. The van der Waals surface area contributed by atoms with Crippen molar-refractivity contribution >= 4 is 0 Å². The molecule has 4 rings (SSSR count). The summed E-state index contributed by atoms with van der Waals surface area (Å²) in [5.41, 5.74) is 4.16. The number of benzene rings is 1. The van der Waals surface area contributed by atoms with Crippen molar-refractivity contribution < 1.29 is 14.2 Å². The first-order valence-electron chi connectivity index (χ1n) is 11.5. The summed E-state index contributed by atoms with van der Waals surface area (Å²) in [6.45, 7) is 5.68. The first-order chi connectivity index (χ1) is 14.3. The highest BCUT2D eigenvalue weighted by Crippen LogP contribution is 2.37. The quantitative estimate of drug-likeness (QED) is 0.604. The second-order valence-corrected chi connectivity index (χ2v) is 8.45. The van der Waals surface area contributed by atoms with E-state index >= 15 is 0 Å². The van der Waals surface area contributed by atoms with Gasteiger partial charge in [-0.1, -0.05) is 38.7 Å². The van der Waals surface area contributed by atoms with Crippen LogP contribution in [0.5, 0.6) is 11.5 Å². The predicted molar refractivity (Wildman–Crippen MR) is 115 cm³/mol. The zero-order valence-electron chi connectivity index (χ0n) is 18.0. The Morgan fingerprint density at radius 2 is 1.97 bits per heavy atom. The summed E-state index contributed by atoms with van der Waals surface area (Å²) < 4.78 is 17.5. The van der Waals surface area contributed by atoms with Crippen molar-refractivity contribution in [2.45, 2.75) is 70.4 Å². The SMILES string of the molecule is CCCCCCCC1=C2CCCN2CC([C@H](OC)c2ccc3c(c2)OCCO3)N1. The fourth-order valence-corrected chi connectivity index (χ4v) is 4.93. The van der Waals surface area contributed by atoms with Crippen molar-refractivity contribution in [2.75, 3.05) is 33.4 Å². The molecular weight excluding hydrogens is 364 g/mol. The third kappa shape index (κ3) is 4.66. The van der Waals surface area contributed by atoms with Gasteiger partial charge in [-0.05, 0) is 43.4 Å². The number of unbranched alkanes of at least 4 members (excludes halogenated alkanes) is 4. The van der Waals surface area contributed by atoms with Crippen LogP contribution in [0.15, 0.2) is 29.6 Å². The average Bonchev–Trinajstić information content (AvgIpc) is 3.23. The lowest BCUT2D eigenvalue weighted by Crippen LogP contribution is -2.48. The summed E-state index contributed by atoms with van der Waals surface area (Å²) >= 11 is 0. The van der Waals surface area contributed by atoms with Gasteiger partial charge in [0.2, 0.25) is 0 Å². The molecule has 3 aliphatic rings. The third-order valence-corrected chi connectivity index (χ3v) is 6.39.